The van der Waals surface area contributed by atoms with Gasteiger partial charge in [0, 0.05) is 27.6 Å². The van der Waals surface area contributed by atoms with Crippen molar-refractivity contribution >= 4 is 35.6 Å². The Hall–Kier alpha value is -1.48. The van der Waals surface area contributed by atoms with Crippen LogP contribution in [0.1, 0.15) is 24.2 Å². The minimum absolute atomic E-state index is 0. The Morgan fingerprint density at radius 2 is 1.80 bits per heavy atom. The molecular weight excluding hydrogens is 375 g/mol. The minimum atomic E-state index is 0. The van der Waals surface area contributed by atoms with Crippen LogP contribution in [0.5, 0.6) is 0 Å². The van der Waals surface area contributed by atoms with Crippen LogP contribution in [0.2, 0.25) is 10.0 Å². The van der Waals surface area contributed by atoms with Gasteiger partial charge in [-0.15, -0.1) is 12.4 Å². The van der Waals surface area contributed by atoms with E-state index in [9.17, 15) is 0 Å². The van der Waals surface area contributed by atoms with Crippen LogP contribution in [0.25, 0.3) is 11.3 Å². The van der Waals surface area contributed by atoms with E-state index in [0.29, 0.717) is 5.02 Å². The first-order valence-electron chi connectivity index (χ1n) is 8.33. The summed E-state index contributed by atoms with van der Waals surface area (Å²) in [6, 6.07) is 16.4. The molecule has 0 aliphatic carbocycles. The van der Waals surface area contributed by atoms with E-state index in [4.69, 9.17) is 23.2 Å². The van der Waals surface area contributed by atoms with Gasteiger partial charge in [-0.05, 0) is 25.0 Å². The monoisotopic (exact) mass is 393 g/mol. The molecule has 130 valence electrons. The summed E-state index contributed by atoms with van der Waals surface area (Å²) in [4.78, 5) is 0. The predicted molar refractivity (Wildman–Crippen MR) is 106 cm³/mol. The van der Waals surface area contributed by atoms with E-state index in [1.165, 1.54) is 29.9 Å². The van der Waals surface area contributed by atoms with Gasteiger partial charge >= 0.3 is 0 Å². The van der Waals surface area contributed by atoms with Gasteiger partial charge in [-0.25, -0.2) is 9.13 Å². The van der Waals surface area contributed by atoms with E-state index in [0.717, 1.165) is 30.1 Å². The fourth-order valence-corrected chi connectivity index (χ4v) is 3.94. The second-order valence-corrected chi connectivity index (χ2v) is 7.11. The van der Waals surface area contributed by atoms with Crippen molar-refractivity contribution < 1.29 is 4.57 Å². The molecule has 2 heterocycles. The maximum Gasteiger partial charge on any atom is 0.257 e. The van der Waals surface area contributed by atoms with E-state index >= 15 is 0 Å². The maximum atomic E-state index is 6.38. The van der Waals surface area contributed by atoms with Crippen LogP contribution in [-0.4, -0.2) is 4.57 Å². The molecule has 0 saturated carbocycles. The lowest BCUT2D eigenvalue weighted by Crippen LogP contribution is -2.38. The van der Waals surface area contributed by atoms with Crippen LogP contribution in [0.15, 0.2) is 54.7 Å². The van der Waals surface area contributed by atoms with Crippen LogP contribution >= 0.6 is 35.6 Å². The normalized spacial score (nSPS) is 13.2. The first-order chi connectivity index (χ1) is 11.7. The number of fused-ring (bicyclic) bond motifs is 1. The zero-order valence-corrected chi connectivity index (χ0v) is 16.1. The summed E-state index contributed by atoms with van der Waals surface area (Å²) in [5, 5.41) is 1.41. The molecule has 0 amide bonds. The zero-order valence-electron chi connectivity index (χ0n) is 13.8. The van der Waals surface area contributed by atoms with Gasteiger partial charge < -0.3 is 0 Å². The van der Waals surface area contributed by atoms with Crippen molar-refractivity contribution in [1.82, 2.24) is 4.57 Å². The number of nitrogens with zero attached hydrogens (tertiary/aromatic N) is 2. The lowest BCUT2D eigenvalue weighted by atomic mass is 10.1. The molecular formula is C20H20Cl3N2+. The van der Waals surface area contributed by atoms with Gasteiger partial charge in [0.1, 0.15) is 12.7 Å². The van der Waals surface area contributed by atoms with Gasteiger partial charge in [0.15, 0.2) is 5.69 Å². The fourth-order valence-electron chi connectivity index (χ4n) is 3.48. The average Bonchev–Trinajstić information content (AvgIpc) is 2.97. The Balaban J connectivity index is 0.00000182. The van der Waals surface area contributed by atoms with Crippen LogP contribution in [0.3, 0.4) is 0 Å². The van der Waals surface area contributed by atoms with Gasteiger partial charge in [0.2, 0.25) is 0 Å². The third kappa shape index (κ3) is 3.72. The van der Waals surface area contributed by atoms with Crippen molar-refractivity contribution in [2.75, 3.05) is 0 Å². The lowest BCUT2D eigenvalue weighted by Gasteiger charge is -2.11. The van der Waals surface area contributed by atoms with Crippen molar-refractivity contribution in [2.24, 2.45) is 0 Å². The highest BCUT2D eigenvalue weighted by molar-refractivity contribution is 6.35. The number of hydrogen-bond donors (Lipinski definition) is 0. The number of hydrogen-bond acceptors (Lipinski definition) is 0. The maximum absolute atomic E-state index is 6.38. The standard InChI is InChI=1S/C20H19Cl2N2.ClH/c21-17-10-9-16(18(22)12-17)13-23-14-19(15-6-2-1-3-7-15)24-11-5-4-8-20(23)24;/h1-3,6-7,9-10,12,14H,4-5,8,11,13H2;1H/q+1;. The van der Waals surface area contributed by atoms with E-state index in [1.54, 1.807) is 0 Å². The molecule has 1 aromatic heterocycles. The number of halogens is 3. The molecule has 0 N–H and O–H groups in total. The first-order valence-corrected chi connectivity index (χ1v) is 9.09. The highest BCUT2D eigenvalue weighted by Gasteiger charge is 2.27. The second kappa shape index (κ2) is 7.82. The Morgan fingerprint density at radius 1 is 1.00 bits per heavy atom. The molecule has 0 fully saturated rings. The van der Waals surface area contributed by atoms with Crippen LogP contribution in [0.4, 0.5) is 0 Å². The summed E-state index contributed by atoms with van der Waals surface area (Å²) in [5.41, 5.74) is 3.65. The molecule has 0 unspecified atom stereocenters. The van der Waals surface area contributed by atoms with Gasteiger partial charge in [-0.2, -0.15) is 0 Å². The van der Waals surface area contributed by atoms with Gasteiger partial charge in [0.25, 0.3) is 5.82 Å². The van der Waals surface area contributed by atoms with Crippen molar-refractivity contribution in [3.8, 4) is 11.3 Å². The molecule has 0 atom stereocenters. The summed E-state index contributed by atoms with van der Waals surface area (Å²) in [5.74, 6) is 1.38. The topological polar surface area (TPSA) is 8.81 Å². The number of benzene rings is 2. The Labute approximate surface area is 164 Å². The van der Waals surface area contributed by atoms with E-state index < -0.39 is 0 Å². The van der Waals surface area contributed by atoms with Gasteiger partial charge in [-0.3, -0.25) is 0 Å². The van der Waals surface area contributed by atoms with Crippen molar-refractivity contribution in [3.63, 3.8) is 0 Å². The molecule has 1 aliphatic rings. The molecule has 0 radical (unpaired) electrons. The SMILES string of the molecule is Cl.Clc1ccc(C[n+]2cc(-c3ccccc3)n3c2CCCC3)c(Cl)c1. The molecule has 2 aromatic carbocycles. The van der Waals surface area contributed by atoms with Gasteiger partial charge in [0.05, 0.1) is 6.54 Å². The molecule has 0 saturated heterocycles. The van der Waals surface area contributed by atoms with Crippen molar-refractivity contribution in [3.05, 3.63) is 76.2 Å². The third-order valence-corrected chi connectivity index (χ3v) is 5.26. The summed E-state index contributed by atoms with van der Waals surface area (Å²) in [6.45, 7) is 1.86. The second-order valence-electron chi connectivity index (χ2n) is 6.27. The quantitative estimate of drug-likeness (QED) is 0.515. The Morgan fingerprint density at radius 3 is 2.56 bits per heavy atom. The highest BCUT2D eigenvalue weighted by atomic mass is 35.5. The summed E-state index contributed by atoms with van der Waals surface area (Å²) in [6.07, 6.45) is 5.86. The number of rotatable bonds is 3. The molecule has 0 bridgehead atoms. The summed E-state index contributed by atoms with van der Waals surface area (Å²) in [7, 11) is 0. The summed E-state index contributed by atoms with van der Waals surface area (Å²) >= 11 is 12.4. The number of imidazole rings is 1. The smallest absolute Gasteiger partial charge is 0.229 e. The van der Waals surface area contributed by atoms with Crippen LogP contribution in [0, 0.1) is 0 Å². The van der Waals surface area contributed by atoms with E-state index in [1.807, 2.05) is 18.2 Å². The van der Waals surface area contributed by atoms with Crippen LogP contribution < -0.4 is 4.57 Å². The molecule has 25 heavy (non-hydrogen) atoms. The van der Waals surface area contributed by atoms with E-state index in [2.05, 4.69) is 45.7 Å². The highest BCUT2D eigenvalue weighted by Crippen LogP contribution is 2.26. The first kappa shape index (κ1) is 18.3. The number of aromatic nitrogens is 2. The largest absolute Gasteiger partial charge is 0.257 e. The Bertz CT molecular complexity index is 872. The zero-order chi connectivity index (χ0) is 16.5. The molecule has 5 heteroatoms. The Kier molecular flexibility index (Phi) is 5.73. The van der Waals surface area contributed by atoms with Crippen molar-refractivity contribution in [2.45, 2.75) is 32.4 Å². The van der Waals surface area contributed by atoms with Gasteiger partial charge in [-0.1, -0.05) is 59.6 Å². The fraction of sp³-hybridized carbons (Fsp3) is 0.250. The molecule has 4 rings (SSSR count). The molecule has 0 spiro atoms. The predicted octanol–water partition coefficient (Wildman–Crippen LogP) is 5.56. The molecule has 1 aliphatic heterocycles. The minimum Gasteiger partial charge on any atom is -0.229 e. The van der Waals surface area contributed by atoms with Crippen LogP contribution in [-0.2, 0) is 19.5 Å². The average molecular weight is 395 g/mol. The van der Waals surface area contributed by atoms with Crippen molar-refractivity contribution in [1.29, 1.82) is 0 Å². The lowest BCUT2D eigenvalue weighted by molar-refractivity contribution is -0.695. The summed E-state index contributed by atoms with van der Waals surface area (Å²) < 4.78 is 4.80. The molecule has 3 aromatic rings. The molecule has 2 nitrogen and oxygen atoms in total. The van der Waals surface area contributed by atoms with E-state index in [-0.39, 0.29) is 12.4 Å². The third-order valence-electron chi connectivity index (χ3n) is 4.67.